The van der Waals surface area contributed by atoms with E-state index in [1.807, 2.05) is 18.2 Å². The fourth-order valence-corrected chi connectivity index (χ4v) is 4.92. The van der Waals surface area contributed by atoms with E-state index in [0.29, 0.717) is 17.1 Å². The Morgan fingerprint density at radius 2 is 1.72 bits per heavy atom. The normalized spacial score (nSPS) is 14.1. The molecular formula is C23H26N4O4S. The lowest BCUT2D eigenvalue weighted by molar-refractivity contribution is 0.386. The van der Waals surface area contributed by atoms with Gasteiger partial charge in [-0.2, -0.15) is 0 Å². The summed E-state index contributed by atoms with van der Waals surface area (Å²) < 4.78 is 39.0. The number of sulfonamides is 1. The van der Waals surface area contributed by atoms with Crippen molar-refractivity contribution in [1.82, 2.24) is 10.2 Å². The van der Waals surface area contributed by atoms with Crippen LogP contribution in [0.3, 0.4) is 0 Å². The average molecular weight is 455 g/mol. The van der Waals surface area contributed by atoms with Crippen LogP contribution in [0, 0.1) is 0 Å². The largest absolute Gasteiger partial charge is 0.497 e. The van der Waals surface area contributed by atoms with Crippen molar-refractivity contribution >= 4 is 21.5 Å². The number of aromatic nitrogens is 2. The van der Waals surface area contributed by atoms with E-state index in [-0.39, 0.29) is 10.6 Å². The Morgan fingerprint density at radius 1 is 0.906 bits per heavy atom. The van der Waals surface area contributed by atoms with Crippen molar-refractivity contribution in [1.29, 1.82) is 0 Å². The standard InChI is InChI=1S/C23H26N4O4S/c1-30-19-9-11-22(21(16-19)31-2)32(28,29)26-18-8-6-7-17(15-18)20-10-12-23(25-24-20)27-13-4-3-5-14-27/h6-12,15-16,26H,3-5,13-14H2,1-2H3. The highest BCUT2D eigenvalue weighted by Crippen LogP contribution is 2.30. The molecule has 32 heavy (non-hydrogen) atoms. The van der Waals surface area contributed by atoms with Crippen LogP contribution in [-0.2, 0) is 10.0 Å². The van der Waals surface area contributed by atoms with E-state index >= 15 is 0 Å². The van der Waals surface area contributed by atoms with Gasteiger partial charge in [0, 0.05) is 30.4 Å². The number of hydrogen-bond donors (Lipinski definition) is 1. The molecule has 0 radical (unpaired) electrons. The van der Waals surface area contributed by atoms with Gasteiger partial charge in [-0.05, 0) is 55.7 Å². The molecule has 2 heterocycles. The SMILES string of the molecule is COc1ccc(S(=O)(=O)Nc2cccc(-c3ccc(N4CCCCC4)nn3)c2)c(OC)c1. The minimum atomic E-state index is -3.87. The van der Waals surface area contributed by atoms with Crippen LogP contribution in [0.25, 0.3) is 11.3 Å². The fraction of sp³-hybridized carbons (Fsp3) is 0.304. The second-order valence-electron chi connectivity index (χ2n) is 7.53. The molecule has 0 aliphatic carbocycles. The zero-order chi connectivity index (χ0) is 22.6. The monoisotopic (exact) mass is 454 g/mol. The first-order valence-corrected chi connectivity index (χ1v) is 11.9. The molecule has 0 atom stereocenters. The van der Waals surface area contributed by atoms with Gasteiger partial charge in [0.05, 0.1) is 19.9 Å². The van der Waals surface area contributed by atoms with Crippen molar-refractivity contribution in [3.63, 3.8) is 0 Å². The summed E-state index contributed by atoms with van der Waals surface area (Å²) in [4.78, 5) is 2.27. The van der Waals surface area contributed by atoms with Crippen LogP contribution in [0.5, 0.6) is 11.5 Å². The molecule has 0 spiro atoms. The Labute approximate surface area is 188 Å². The maximum atomic E-state index is 13.0. The molecular weight excluding hydrogens is 428 g/mol. The maximum Gasteiger partial charge on any atom is 0.265 e. The predicted octanol–water partition coefficient (Wildman–Crippen LogP) is 3.95. The minimum absolute atomic E-state index is 0.0249. The summed E-state index contributed by atoms with van der Waals surface area (Å²) in [7, 11) is -0.949. The number of nitrogens with zero attached hydrogens (tertiary/aromatic N) is 3. The van der Waals surface area contributed by atoms with Gasteiger partial charge in [-0.3, -0.25) is 4.72 Å². The summed E-state index contributed by atoms with van der Waals surface area (Å²) in [6.45, 7) is 2.00. The smallest absolute Gasteiger partial charge is 0.265 e. The molecule has 0 unspecified atom stereocenters. The number of benzene rings is 2. The third-order valence-corrected chi connectivity index (χ3v) is 6.82. The molecule has 3 aromatic rings. The number of methoxy groups -OCH3 is 2. The topological polar surface area (TPSA) is 93.7 Å². The fourth-order valence-electron chi connectivity index (χ4n) is 3.72. The molecule has 0 amide bonds. The highest BCUT2D eigenvalue weighted by molar-refractivity contribution is 7.92. The Hall–Kier alpha value is -3.33. The van der Waals surface area contributed by atoms with Crippen molar-refractivity contribution in [3.8, 4) is 22.8 Å². The zero-order valence-electron chi connectivity index (χ0n) is 18.1. The molecule has 1 aromatic heterocycles. The van der Waals surface area contributed by atoms with Crippen molar-refractivity contribution in [2.75, 3.05) is 36.9 Å². The van der Waals surface area contributed by atoms with Crippen LogP contribution in [0.2, 0.25) is 0 Å². The number of piperidine rings is 1. The molecule has 0 bridgehead atoms. The van der Waals surface area contributed by atoms with E-state index in [1.54, 1.807) is 24.3 Å². The lowest BCUT2D eigenvalue weighted by Crippen LogP contribution is -2.30. The highest BCUT2D eigenvalue weighted by atomic mass is 32.2. The lowest BCUT2D eigenvalue weighted by Gasteiger charge is -2.27. The molecule has 1 aliphatic rings. The van der Waals surface area contributed by atoms with Crippen LogP contribution in [0.1, 0.15) is 19.3 Å². The van der Waals surface area contributed by atoms with Crippen LogP contribution in [0.15, 0.2) is 59.5 Å². The van der Waals surface area contributed by atoms with E-state index in [4.69, 9.17) is 9.47 Å². The number of hydrogen-bond acceptors (Lipinski definition) is 7. The molecule has 8 nitrogen and oxygen atoms in total. The molecule has 1 fully saturated rings. The Kier molecular flexibility index (Phi) is 6.45. The van der Waals surface area contributed by atoms with Gasteiger partial charge in [0.15, 0.2) is 5.82 Å². The molecule has 1 N–H and O–H groups in total. The van der Waals surface area contributed by atoms with Gasteiger partial charge in [-0.1, -0.05) is 12.1 Å². The average Bonchev–Trinajstić information content (AvgIpc) is 2.84. The molecule has 9 heteroatoms. The maximum absolute atomic E-state index is 13.0. The number of anilines is 2. The summed E-state index contributed by atoms with van der Waals surface area (Å²) in [5.41, 5.74) is 1.86. The Balaban J connectivity index is 1.55. The first-order valence-electron chi connectivity index (χ1n) is 10.4. The summed E-state index contributed by atoms with van der Waals surface area (Å²) in [5.74, 6) is 1.58. The van der Waals surface area contributed by atoms with E-state index in [9.17, 15) is 8.42 Å². The van der Waals surface area contributed by atoms with Gasteiger partial charge in [-0.15, -0.1) is 10.2 Å². The molecule has 0 saturated carbocycles. The Bertz CT molecular complexity index is 1180. The number of rotatable bonds is 7. The summed E-state index contributed by atoms with van der Waals surface area (Å²) >= 11 is 0. The number of nitrogens with one attached hydrogen (secondary N) is 1. The van der Waals surface area contributed by atoms with Crippen LogP contribution in [0.4, 0.5) is 11.5 Å². The van der Waals surface area contributed by atoms with Crippen LogP contribution >= 0.6 is 0 Å². The lowest BCUT2D eigenvalue weighted by atomic mass is 10.1. The van der Waals surface area contributed by atoms with Gasteiger partial charge in [0.2, 0.25) is 0 Å². The van der Waals surface area contributed by atoms with E-state index in [2.05, 4.69) is 19.8 Å². The van der Waals surface area contributed by atoms with Gasteiger partial charge in [-0.25, -0.2) is 8.42 Å². The second kappa shape index (κ2) is 9.44. The van der Waals surface area contributed by atoms with E-state index in [0.717, 1.165) is 24.5 Å². The van der Waals surface area contributed by atoms with Gasteiger partial charge >= 0.3 is 0 Å². The van der Waals surface area contributed by atoms with Crippen molar-refractivity contribution in [2.45, 2.75) is 24.2 Å². The van der Waals surface area contributed by atoms with E-state index in [1.165, 1.54) is 45.6 Å². The third-order valence-electron chi connectivity index (χ3n) is 5.40. The molecule has 168 valence electrons. The molecule has 1 aliphatic heterocycles. The predicted molar refractivity (Wildman–Crippen MR) is 124 cm³/mol. The third kappa shape index (κ3) is 4.77. The first kappa shape index (κ1) is 21.9. The second-order valence-corrected chi connectivity index (χ2v) is 9.18. The van der Waals surface area contributed by atoms with Crippen molar-refractivity contribution < 1.29 is 17.9 Å². The first-order chi connectivity index (χ1) is 15.5. The van der Waals surface area contributed by atoms with Crippen molar-refractivity contribution in [2.24, 2.45) is 0 Å². The zero-order valence-corrected chi connectivity index (χ0v) is 18.9. The molecule has 1 saturated heterocycles. The minimum Gasteiger partial charge on any atom is -0.497 e. The summed E-state index contributed by atoms with van der Waals surface area (Å²) in [5, 5.41) is 8.74. The van der Waals surface area contributed by atoms with Crippen molar-refractivity contribution in [3.05, 3.63) is 54.6 Å². The Morgan fingerprint density at radius 3 is 2.41 bits per heavy atom. The van der Waals surface area contributed by atoms with Crippen LogP contribution < -0.4 is 19.1 Å². The van der Waals surface area contributed by atoms with Gasteiger partial charge in [0.1, 0.15) is 16.4 Å². The molecule has 2 aromatic carbocycles. The van der Waals surface area contributed by atoms with Gasteiger partial charge in [0.25, 0.3) is 10.0 Å². The highest BCUT2D eigenvalue weighted by Gasteiger charge is 2.21. The van der Waals surface area contributed by atoms with E-state index < -0.39 is 10.0 Å². The van der Waals surface area contributed by atoms with Crippen LogP contribution in [-0.4, -0.2) is 45.9 Å². The number of ether oxygens (including phenoxy) is 2. The summed E-state index contributed by atoms with van der Waals surface area (Å²) in [6, 6.07) is 15.5. The molecule has 4 rings (SSSR count). The quantitative estimate of drug-likeness (QED) is 0.578. The van der Waals surface area contributed by atoms with Gasteiger partial charge < -0.3 is 14.4 Å². The summed E-state index contributed by atoms with van der Waals surface area (Å²) in [6.07, 6.45) is 3.60.